The van der Waals surface area contributed by atoms with E-state index in [2.05, 4.69) is 4.74 Å². The molecule has 0 saturated carbocycles. The Hall–Kier alpha value is -2.35. The summed E-state index contributed by atoms with van der Waals surface area (Å²) in [5.74, 6) is -3.04. The topological polar surface area (TPSA) is 44.5 Å². The first kappa shape index (κ1) is 17.0. The summed E-state index contributed by atoms with van der Waals surface area (Å²) < 4.78 is 73.1. The van der Waals surface area contributed by atoms with E-state index in [0.717, 1.165) is 18.2 Å². The average molecular weight is 333 g/mol. The maximum absolute atomic E-state index is 13.8. The van der Waals surface area contributed by atoms with Crippen LogP contribution in [-0.2, 0) is 0 Å². The molecule has 23 heavy (non-hydrogen) atoms. The molecule has 0 bridgehead atoms. The van der Waals surface area contributed by atoms with Gasteiger partial charge in [0.1, 0.15) is 6.61 Å². The lowest BCUT2D eigenvalue weighted by Gasteiger charge is -2.15. The molecule has 0 radical (unpaired) electrons. The molecule has 0 aliphatic rings. The molecule has 3 nitrogen and oxygen atoms in total. The number of benzene rings is 2. The van der Waals surface area contributed by atoms with Crippen molar-refractivity contribution in [3.8, 4) is 22.6 Å². The highest BCUT2D eigenvalue weighted by molar-refractivity contribution is 5.67. The summed E-state index contributed by atoms with van der Waals surface area (Å²) >= 11 is 0. The summed E-state index contributed by atoms with van der Waals surface area (Å²) in [6.07, 6.45) is -4.91. The van der Waals surface area contributed by atoms with Crippen LogP contribution in [0.4, 0.5) is 22.0 Å². The van der Waals surface area contributed by atoms with Crippen molar-refractivity contribution in [1.29, 1.82) is 0 Å². The lowest BCUT2D eigenvalue weighted by atomic mass is 10.0. The Labute approximate surface area is 128 Å². The minimum absolute atomic E-state index is 0.0595. The molecule has 8 heteroatoms. The average Bonchev–Trinajstić information content (AvgIpc) is 2.48. The van der Waals surface area contributed by atoms with E-state index in [0.29, 0.717) is 0 Å². The smallest absolute Gasteiger partial charge is 0.488 e. The van der Waals surface area contributed by atoms with Crippen molar-refractivity contribution in [2.24, 2.45) is 5.73 Å². The van der Waals surface area contributed by atoms with Crippen molar-refractivity contribution in [3.05, 3.63) is 48.0 Å². The van der Waals surface area contributed by atoms with Gasteiger partial charge >= 0.3 is 6.36 Å². The molecule has 0 aliphatic heterocycles. The van der Waals surface area contributed by atoms with Gasteiger partial charge in [-0.25, -0.2) is 8.78 Å². The van der Waals surface area contributed by atoms with E-state index in [9.17, 15) is 22.0 Å². The Balaban J connectivity index is 2.45. The summed E-state index contributed by atoms with van der Waals surface area (Å²) in [5.41, 5.74) is 5.28. The second-order valence-corrected chi connectivity index (χ2v) is 4.45. The molecule has 0 spiro atoms. The minimum Gasteiger partial charge on any atom is -0.488 e. The van der Waals surface area contributed by atoms with Gasteiger partial charge < -0.3 is 15.2 Å². The van der Waals surface area contributed by atoms with Crippen LogP contribution in [0.25, 0.3) is 11.1 Å². The van der Waals surface area contributed by atoms with Crippen molar-refractivity contribution in [3.63, 3.8) is 0 Å². The Kier molecular flexibility index (Phi) is 5.05. The molecule has 2 aromatic rings. The zero-order valence-electron chi connectivity index (χ0n) is 11.7. The van der Waals surface area contributed by atoms with Crippen LogP contribution in [0.1, 0.15) is 0 Å². The fraction of sp³-hybridized carbons (Fsp3) is 0.200. The predicted octanol–water partition coefficient (Wildman–Crippen LogP) is 3.87. The van der Waals surface area contributed by atoms with Crippen LogP contribution < -0.4 is 15.2 Å². The summed E-state index contributed by atoms with van der Waals surface area (Å²) in [6.45, 7) is -0.00663. The second-order valence-electron chi connectivity index (χ2n) is 4.45. The third kappa shape index (κ3) is 4.32. The minimum atomic E-state index is -4.91. The molecule has 0 aromatic heterocycles. The van der Waals surface area contributed by atoms with E-state index in [-0.39, 0.29) is 30.0 Å². The van der Waals surface area contributed by atoms with E-state index in [1.54, 1.807) is 0 Å². The Morgan fingerprint density at radius 2 is 1.74 bits per heavy atom. The van der Waals surface area contributed by atoms with Crippen molar-refractivity contribution >= 4 is 0 Å². The SMILES string of the molecule is NCCOc1cc(-c2cccc(F)c2F)ccc1OC(F)(F)F. The van der Waals surface area contributed by atoms with Crippen LogP contribution in [0, 0.1) is 11.6 Å². The number of ether oxygens (including phenoxy) is 2. The standard InChI is InChI=1S/C15H12F5NO2/c16-11-3-1-2-10(14(11)17)9-4-5-12(23-15(18,19)20)13(8-9)22-7-6-21/h1-5,8H,6-7,21H2. The molecule has 2 rings (SSSR count). The molecule has 0 amide bonds. The fourth-order valence-electron chi connectivity index (χ4n) is 1.89. The van der Waals surface area contributed by atoms with Crippen LogP contribution in [-0.4, -0.2) is 19.5 Å². The monoisotopic (exact) mass is 333 g/mol. The highest BCUT2D eigenvalue weighted by Crippen LogP contribution is 2.36. The number of hydrogen-bond acceptors (Lipinski definition) is 3. The molecule has 0 atom stereocenters. The van der Waals surface area contributed by atoms with E-state index in [1.165, 1.54) is 18.2 Å². The predicted molar refractivity (Wildman–Crippen MR) is 73.0 cm³/mol. The molecule has 0 unspecified atom stereocenters. The van der Waals surface area contributed by atoms with Gasteiger partial charge in [-0.15, -0.1) is 13.2 Å². The third-order valence-electron chi connectivity index (χ3n) is 2.81. The summed E-state index contributed by atoms with van der Waals surface area (Å²) in [5, 5.41) is 0. The fourth-order valence-corrected chi connectivity index (χ4v) is 1.89. The van der Waals surface area contributed by atoms with Gasteiger partial charge in [0.05, 0.1) is 0 Å². The first-order chi connectivity index (χ1) is 10.8. The summed E-state index contributed by atoms with van der Waals surface area (Å²) in [4.78, 5) is 0. The second kappa shape index (κ2) is 6.82. The number of hydrogen-bond donors (Lipinski definition) is 1. The van der Waals surface area contributed by atoms with Crippen LogP contribution >= 0.6 is 0 Å². The highest BCUT2D eigenvalue weighted by Gasteiger charge is 2.32. The lowest BCUT2D eigenvalue weighted by Crippen LogP contribution is -2.18. The van der Waals surface area contributed by atoms with Crippen molar-refractivity contribution in [2.45, 2.75) is 6.36 Å². The van der Waals surface area contributed by atoms with E-state index in [4.69, 9.17) is 10.5 Å². The quantitative estimate of drug-likeness (QED) is 0.845. The van der Waals surface area contributed by atoms with Gasteiger partial charge in [-0.3, -0.25) is 0 Å². The zero-order chi connectivity index (χ0) is 17.0. The molecular weight excluding hydrogens is 321 g/mol. The number of rotatable bonds is 5. The summed E-state index contributed by atoms with van der Waals surface area (Å²) in [6, 6.07) is 6.80. The number of alkyl halides is 3. The van der Waals surface area contributed by atoms with Gasteiger partial charge in [-0.2, -0.15) is 0 Å². The van der Waals surface area contributed by atoms with Gasteiger partial charge in [0, 0.05) is 12.1 Å². The first-order valence-corrected chi connectivity index (χ1v) is 6.49. The van der Waals surface area contributed by atoms with Crippen molar-refractivity contribution in [1.82, 2.24) is 0 Å². The normalized spacial score (nSPS) is 11.4. The Morgan fingerprint density at radius 1 is 1.00 bits per heavy atom. The summed E-state index contributed by atoms with van der Waals surface area (Å²) in [7, 11) is 0. The van der Waals surface area contributed by atoms with Crippen LogP contribution in [0.2, 0.25) is 0 Å². The molecule has 124 valence electrons. The molecule has 0 aliphatic carbocycles. The molecule has 0 fully saturated rings. The van der Waals surface area contributed by atoms with E-state index >= 15 is 0 Å². The van der Waals surface area contributed by atoms with Gasteiger partial charge in [0.25, 0.3) is 0 Å². The number of nitrogens with two attached hydrogens (primary N) is 1. The van der Waals surface area contributed by atoms with Crippen LogP contribution in [0.5, 0.6) is 11.5 Å². The largest absolute Gasteiger partial charge is 0.573 e. The highest BCUT2D eigenvalue weighted by atomic mass is 19.4. The molecule has 2 N–H and O–H groups in total. The first-order valence-electron chi connectivity index (χ1n) is 6.49. The van der Waals surface area contributed by atoms with Crippen LogP contribution in [0.3, 0.4) is 0 Å². The van der Waals surface area contributed by atoms with Gasteiger partial charge in [-0.05, 0) is 23.8 Å². The van der Waals surface area contributed by atoms with E-state index < -0.39 is 23.7 Å². The van der Waals surface area contributed by atoms with Gasteiger partial charge in [0.2, 0.25) is 0 Å². The molecule has 0 heterocycles. The van der Waals surface area contributed by atoms with Crippen LogP contribution in [0.15, 0.2) is 36.4 Å². The molecular formula is C15H12F5NO2. The Morgan fingerprint density at radius 3 is 2.39 bits per heavy atom. The van der Waals surface area contributed by atoms with Crippen molar-refractivity contribution in [2.75, 3.05) is 13.2 Å². The maximum Gasteiger partial charge on any atom is 0.573 e. The maximum atomic E-state index is 13.8. The van der Waals surface area contributed by atoms with Crippen molar-refractivity contribution < 1.29 is 31.4 Å². The molecule has 0 saturated heterocycles. The number of halogens is 5. The molecule has 2 aromatic carbocycles. The van der Waals surface area contributed by atoms with Gasteiger partial charge in [0.15, 0.2) is 23.1 Å². The Bertz CT molecular complexity index is 688. The lowest BCUT2D eigenvalue weighted by molar-refractivity contribution is -0.275. The third-order valence-corrected chi connectivity index (χ3v) is 2.81. The van der Waals surface area contributed by atoms with Gasteiger partial charge in [-0.1, -0.05) is 18.2 Å². The zero-order valence-corrected chi connectivity index (χ0v) is 11.7. The van der Waals surface area contributed by atoms with E-state index in [1.807, 2.05) is 0 Å².